The van der Waals surface area contributed by atoms with E-state index in [0.29, 0.717) is 30.0 Å². The van der Waals surface area contributed by atoms with E-state index < -0.39 is 6.04 Å². The summed E-state index contributed by atoms with van der Waals surface area (Å²) >= 11 is 0. The maximum Gasteiger partial charge on any atom is 0.249 e. The van der Waals surface area contributed by atoms with E-state index in [9.17, 15) is 9.59 Å². The smallest absolute Gasteiger partial charge is 0.249 e. The highest BCUT2D eigenvalue weighted by molar-refractivity contribution is 6.01. The predicted molar refractivity (Wildman–Crippen MR) is 67.2 cm³/mol. The minimum Gasteiger partial charge on any atom is -0.497 e. The van der Waals surface area contributed by atoms with Gasteiger partial charge in [-0.3, -0.25) is 14.9 Å². The molecule has 1 atom stereocenters. The van der Waals surface area contributed by atoms with Gasteiger partial charge in [-0.2, -0.15) is 0 Å². The van der Waals surface area contributed by atoms with E-state index in [1.807, 2.05) is 0 Å². The van der Waals surface area contributed by atoms with E-state index in [0.717, 1.165) is 0 Å². The minimum atomic E-state index is -0.447. The summed E-state index contributed by atoms with van der Waals surface area (Å²) in [6, 6.07) is 4.72. The SMILES string of the molecule is COc1ccc(N)c(NC2CCC(=O)NC2=O)c1. The first-order chi connectivity index (χ1) is 8.60. The van der Waals surface area contributed by atoms with Crippen LogP contribution in [-0.2, 0) is 9.59 Å². The van der Waals surface area contributed by atoms with Crippen molar-refractivity contribution in [2.75, 3.05) is 18.2 Å². The lowest BCUT2D eigenvalue weighted by Crippen LogP contribution is -2.47. The van der Waals surface area contributed by atoms with Crippen LogP contribution in [-0.4, -0.2) is 25.0 Å². The van der Waals surface area contributed by atoms with Gasteiger partial charge in [-0.15, -0.1) is 0 Å². The van der Waals surface area contributed by atoms with Crippen LogP contribution in [0.25, 0.3) is 0 Å². The van der Waals surface area contributed by atoms with Gasteiger partial charge in [0.05, 0.1) is 18.5 Å². The molecular weight excluding hydrogens is 234 g/mol. The summed E-state index contributed by atoms with van der Waals surface area (Å²) in [6.45, 7) is 0. The summed E-state index contributed by atoms with van der Waals surface area (Å²) in [6.07, 6.45) is 0.786. The number of benzene rings is 1. The van der Waals surface area contributed by atoms with Gasteiger partial charge in [-0.25, -0.2) is 0 Å². The lowest BCUT2D eigenvalue weighted by atomic mass is 10.1. The summed E-state index contributed by atoms with van der Waals surface area (Å²) in [5.74, 6) is 0.0872. The number of anilines is 2. The number of piperidine rings is 1. The van der Waals surface area contributed by atoms with Crippen molar-refractivity contribution in [2.45, 2.75) is 18.9 Å². The van der Waals surface area contributed by atoms with E-state index in [4.69, 9.17) is 10.5 Å². The number of methoxy groups -OCH3 is 1. The third kappa shape index (κ3) is 2.53. The second-order valence-electron chi connectivity index (χ2n) is 4.10. The van der Waals surface area contributed by atoms with Crippen molar-refractivity contribution in [2.24, 2.45) is 0 Å². The number of rotatable bonds is 3. The number of hydrogen-bond donors (Lipinski definition) is 3. The quantitative estimate of drug-likeness (QED) is 0.535. The van der Waals surface area contributed by atoms with Crippen LogP contribution >= 0.6 is 0 Å². The van der Waals surface area contributed by atoms with Crippen LogP contribution in [0.5, 0.6) is 5.75 Å². The molecule has 0 aromatic heterocycles. The Balaban J connectivity index is 2.13. The number of amides is 2. The maximum atomic E-state index is 11.6. The normalized spacial score (nSPS) is 19.3. The van der Waals surface area contributed by atoms with E-state index in [2.05, 4.69) is 10.6 Å². The van der Waals surface area contributed by atoms with E-state index in [-0.39, 0.29) is 11.8 Å². The monoisotopic (exact) mass is 249 g/mol. The van der Waals surface area contributed by atoms with Gasteiger partial charge in [0.25, 0.3) is 0 Å². The molecule has 1 aliphatic heterocycles. The largest absolute Gasteiger partial charge is 0.497 e. The number of nitrogen functional groups attached to an aromatic ring is 1. The fourth-order valence-electron chi connectivity index (χ4n) is 1.81. The number of carbonyl (C=O) groups is 2. The molecule has 96 valence electrons. The zero-order chi connectivity index (χ0) is 13.1. The summed E-state index contributed by atoms with van der Waals surface area (Å²) in [5, 5.41) is 5.31. The molecule has 1 aromatic rings. The Hall–Kier alpha value is -2.24. The minimum absolute atomic E-state index is 0.239. The molecule has 1 fully saturated rings. The molecule has 0 aliphatic carbocycles. The van der Waals surface area contributed by atoms with Crippen molar-refractivity contribution in [1.82, 2.24) is 5.32 Å². The van der Waals surface area contributed by atoms with Crippen LogP contribution in [0.3, 0.4) is 0 Å². The number of nitrogens with one attached hydrogen (secondary N) is 2. The molecule has 6 nitrogen and oxygen atoms in total. The summed E-state index contributed by atoms with van der Waals surface area (Å²) < 4.78 is 5.09. The van der Waals surface area contributed by atoms with Crippen LogP contribution in [0.15, 0.2) is 18.2 Å². The van der Waals surface area contributed by atoms with Crippen LogP contribution in [0.2, 0.25) is 0 Å². The van der Waals surface area contributed by atoms with Crippen molar-refractivity contribution in [1.29, 1.82) is 0 Å². The Morgan fingerprint density at radius 3 is 2.89 bits per heavy atom. The van der Waals surface area contributed by atoms with Crippen LogP contribution in [0.1, 0.15) is 12.8 Å². The molecule has 0 saturated carbocycles. The Morgan fingerprint density at radius 1 is 1.44 bits per heavy atom. The number of ether oxygens (including phenoxy) is 1. The highest BCUT2D eigenvalue weighted by atomic mass is 16.5. The number of carbonyl (C=O) groups excluding carboxylic acids is 2. The first-order valence-corrected chi connectivity index (χ1v) is 5.64. The first kappa shape index (κ1) is 12.2. The standard InChI is InChI=1S/C12H15N3O3/c1-18-7-2-3-8(13)10(6-7)14-9-4-5-11(16)15-12(9)17/h2-3,6,9,14H,4-5,13H2,1H3,(H,15,16,17). The molecule has 0 bridgehead atoms. The molecule has 0 radical (unpaired) electrons. The average Bonchev–Trinajstić information content (AvgIpc) is 2.35. The van der Waals surface area contributed by atoms with Crippen molar-refractivity contribution in [3.05, 3.63) is 18.2 Å². The van der Waals surface area contributed by atoms with Gasteiger partial charge < -0.3 is 15.8 Å². The second-order valence-corrected chi connectivity index (χ2v) is 4.10. The fraction of sp³-hybridized carbons (Fsp3) is 0.333. The molecule has 1 saturated heterocycles. The van der Waals surface area contributed by atoms with E-state index >= 15 is 0 Å². The van der Waals surface area contributed by atoms with E-state index in [1.165, 1.54) is 0 Å². The molecule has 4 N–H and O–H groups in total. The molecule has 1 unspecified atom stereocenters. The van der Waals surface area contributed by atoms with Crippen molar-refractivity contribution in [3.8, 4) is 5.75 Å². The van der Waals surface area contributed by atoms with Gasteiger partial charge in [0.1, 0.15) is 11.8 Å². The Kier molecular flexibility index (Phi) is 3.36. The number of hydrogen-bond acceptors (Lipinski definition) is 5. The fourth-order valence-corrected chi connectivity index (χ4v) is 1.81. The summed E-state index contributed by atoms with van der Waals surface area (Å²) in [7, 11) is 1.56. The Bertz CT molecular complexity index is 487. The van der Waals surface area contributed by atoms with Gasteiger partial charge >= 0.3 is 0 Å². The van der Waals surface area contributed by atoms with Crippen LogP contribution < -0.4 is 21.1 Å². The molecule has 1 heterocycles. The highest BCUT2D eigenvalue weighted by Crippen LogP contribution is 2.26. The summed E-state index contributed by atoms with van der Waals surface area (Å²) in [5.41, 5.74) is 6.97. The predicted octanol–water partition coefficient (Wildman–Crippen LogP) is 0.494. The average molecular weight is 249 g/mol. The molecule has 1 aliphatic rings. The van der Waals surface area contributed by atoms with Crippen molar-refractivity contribution < 1.29 is 14.3 Å². The Labute approximate surface area is 104 Å². The molecule has 18 heavy (non-hydrogen) atoms. The maximum absolute atomic E-state index is 11.6. The molecular formula is C12H15N3O3. The topological polar surface area (TPSA) is 93.4 Å². The first-order valence-electron chi connectivity index (χ1n) is 5.64. The van der Waals surface area contributed by atoms with Gasteiger partial charge in [-0.1, -0.05) is 0 Å². The Morgan fingerprint density at radius 2 is 2.22 bits per heavy atom. The highest BCUT2D eigenvalue weighted by Gasteiger charge is 2.26. The van der Waals surface area contributed by atoms with Gasteiger partial charge in [0.15, 0.2) is 0 Å². The molecule has 0 spiro atoms. The molecule has 2 amide bonds. The zero-order valence-electron chi connectivity index (χ0n) is 10.0. The molecule has 2 rings (SSSR count). The number of nitrogens with two attached hydrogens (primary N) is 1. The third-order valence-electron chi connectivity index (χ3n) is 2.83. The van der Waals surface area contributed by atoms with Gasteiger partial charge in [0, 0.05) is 12.5 Å². The van der Waals surface area contributed by atoms with Gasteiger partial charge in [-0.05, 0) is 18.6 Å². The van der Waals surface area contributed by atoms with Crippen LogP contribution in [0, 0.1) is 0 Å². The van der Waals surface area contributed by atoms with Crippen LogP contribution in [0.4, 0.5) is 11.4 Å². The zero-order valence-corrected chi connectivity index (χ0v) is 10.0. The number of imide groups is 1. The third-order valence-corrected chi connectivity index (χ3v) is 2.83. The van der Waals surface area contributed by atoms with E-state index in [1.54, 1.807) is 25.3 Å². The second kappa shape index (κ2) is 4.95. The lowest BCUT2D eigenvalue weighted by Gasteiger charge is -2.23. The molecule has 1 aromatic carbocycles. The van der Waals surface area contributed by atoms with Gasteiger partial charge in [0.2, 0.25) is 11.8 Å². The van der Waals surface area contributed by atoms with Crippen molar-refractivity contribution >= 4 is 23.2 Å². The lowest BCUT2D eigenvalue weighted by molar-refractivity contribution is -0.133. The summed E-state index contributed by atoms with van der Waals surface area (Å²) in [4.78, 5) is 22.6. The molecule has 6 heteroatoms. The van der Waals surface area contributed by atoms with Crippen molar-refractivity contribution in [3.63, 3.8) is 0 Å².